The molecule has 0 aliphatic rings. The van der Waals surface area contributed by atoms with Gasteiger partial charge in [0.25, 0.3) is 5.91 Å². The number of carbonyl (C=O) groups excluding carboxylic acids is 1. The molecule has 0 bridgehead atoms. The predicted octanol–water partition coefficient (Wildman–Crippen LogP) is 3.35. The molecule has 0 spiro atoms. The van der Waals surface area contributed by atoms with Gasteiger partial charge in [-0.2, -0.15) is 5.10 Å². The summed E-state index contributed by atoms with van der Waals surface area (Å²) in [4.78, 5) is 22.0. The number of nitro benzene ring substituents is 1. The van der Waals surface area contributed by atoms with Crippen LogP contribution in [0.25, 0.3) is 0 Å². The van der Waals surface area contributed by atoms with Crippen molar-refractivity contribution in [3.05, 3.63) is 61.0 Å². The van der Waals surface area contributed by atoms with Crippen LogP contribution in [0.2, 0.25) is 0 Å². The van der Waals surface area contributed by atoms with Gasteiger partial charge < -0.3 is 9.84 Å². The Labute approximate surface area is 158 Å². The molecule has 0 atom stereocenters. The molecule has 0 fully saturated rings. The third kappa shape index (κ3) is 5.26. The Kier molecular flexibility index (Phi) is 6.48. The molecule has 2 aromatic carbocycles. The molecule has 0 aliphatic heterocycles. The maximum Gasteiger partial charge on any atom is 0.310 e. The number of amides is 1. The summed E-state index contributed by atoms with van der Waals surface area (Å²) in [6, 6.07) is 8.98. The Morgan fingerprint density at radius 3 is 2.60 bits per heavy atom. The standard InChI is InChI=1S/C15H11Br2N3O5/c16-10-5-9(6-11(17)15(10)22)7-18-19-14(21)8-25-13-4-2-1-3-12(13)20(23)24/h1-7,22H,8H2,(H,19,21)/b18-7+. The van der Waals surface area contributed by atoms with Gasteiger partial charge >= 0.3 is 5.69 Å². The minimum absolute atomic E-state index is 0.00183. The molecule has 0 unspecified atom stereocenters. The van der Waals surface area contributed by atoms with E-state index < -0.39 is 17.4 Å². The molecule has 0 saturated carbocycles. The number of benzene rings is 2. The Morgan fingerprint density at radius 1 is 1.32 bits per heavy atom. The van der Waals surface area contributed by atoms with Crippen LogP contribution in [0.15, 0.2) is 50.4 Å². The van der Waals surface area contributed by atoms with Crippen molar-refractivity contribution in [2.75, 3.05) is 6.61 Å². The quantitative estimate of drug-likeness (QED) is 0.380. The number of ether oxygens (including phenoxy) is 1. The number of para-hydroxylation sites is 2. The molecule has 8 nitrogen and oxygen atoms in total. The molecular formula is C15H11Br2N3O5. The molecule has 0 heterocycles. The maximum absolute atomic E-state index is 11.7. The average Bonchev–Trinajstić information content (AvgIpc) is 2.58. The number of hydrogen-bond donors (Lipinski definition) is 2. The number of phenolic OH excluding ortho intramolecular Hbond substituents is 1. The van der Waals surface area contributed by atoms with Crippen LogP contribution in [0.3, 0.4) is 0 Å². The highest BCUT2D eigenvalue weighted by Gasteiger charge is 2.14. The van der Waals surface area contributed by atoms with Crippen molar-refractivity contribution in [2.45, 2.75) is 0 Å². The first kappa shape index (κ1) is 18.9. The summed E-state index contributed by atoms with van der Waals surface area (Å²) in [7, 11) is 0. The number of aromatic hydroxyl groups is 1. The lowest BCUT2D eigenvalue weighted by atomic mass is 10.2. The first-order chi connectivity index (χ1) is 11.9. The fourth-order valence-corrected chi connectivity index (χ4v) is 2.97. The van der Waals surface area contributed by atoms with E-state index in [4.69, 9.17) is 4.74 Å². The molecular weight excluding hydrogens is 462 g/mol. The smallest absolute Gasteiger partial charge is 0.310 e. The van der Waals surface area contributed by atoms with Crippen LogP contribution in [0.1, 0.15) is 5.56 Å². The summed E-state index contributed by atoms with van der Waals surface area (Å²) in [6.07, 6.45) is 1.37. The Bertz CT molecular complexity index is 819. The minimum Gasteiger partial charge on any atom is -0.506 e. The summed E-state index contributed by atoms with van der Waals surface area (Å²) in [5.74, 6) is -0.525. The molecule has 2 aromatic rings. The zero-order valence-corrected chi connectivity index (χ0v) is 15.7. The lowest BCUT2D eigenvalue weighted by Gasteiger charge is -2.05. The van der Waals surface area contributed by atoms with Crippen molar-refractivity contribution >= 4 is 49.7 Å². The number of carbonyl (C=O) groups is 1. The van der Waals surface area contributed by atoms with E-state index in [1.165, 1.54) is 24.4 Å². The number of hydrogen-bond acceptors (Lipinski definition) is 6. The molecule has 1 amide bonds. The van der Waals surface area contributed by atoms with E-state index in [0.717, 1.165) is 0 Å². The second kappa shape index (κ2) is 8.58. The average molecular weight is 473 g/mol. The molecule has 0 aromatic heterocycles. The first-order valence-corrected chi connectivity index (χ1v) is 8.33. The number of nitrogens with zero attached hydrogens (tertiary/aromatic N) is 2. The van der Waals surface area contributed by atoms with E-state index in [9.17, 15) is 20.0 Å². The fourth-order valence-electron chi connectivity index (χ4n) is 1.74. The van der Waals surface area contributed by atoms with Crippen molar-refractivity contribution in [3.63, 3.8) is 0 Å². The molecule has 130 valence electrons. The fraction of sp³-hybridized carbons (Fsp3) is 0.0667. The number of halogens is 2. The van der Waals surface area contributed by atoms with Gasteiger partial charge in [-0.25, -0.2) is 5.43 Å². The third-order valence-corrected chi connectivity index (χ3v) is 4.07. The summed E-state index contributed by atoms with van der Waals surface area (Å²) < 4.78 is 6.08. The van der Waals surface area contributed by atoms with E-state index in [0.29, 0.717) is 14.5 Å². The van der Waals surface area contributed by atoms with Gasteiger partial charge in [0, 0.05) is 6.07 Å². The first-order valence-electron chi connectivity index (χ1n) is 6.74. The molecule has 2 rings (SSSR count). The molecule has 0 aliphatic carbocycles. The van der Waals surface area contributed by atoms with Gasteiger partial charge in [0.1, 0.15) is 5.75 Å². The van der Waals surface area contributed by atoms with Crippen LogP contribution in [0.4, 0.5) is 5.69 Å². The largest absolute Gasteiger partial charge is 0.506 e. The Morgan fingerprint density at radius 2 is 1.96 bits per heavy atom. The summed E-state index contributed by atoms with van der Waals surface area (Å²) in [5.41, 5.74) is 2.64. The second-order valence-corrected chi connectivity index (χ2v) is 6.35. The lowest BCUT2D eigenvalue weighted by molar-refractivity contribution is -0.385. The van der Waals surface area contributed by atoms with Crippen LogP contribution >= 0.6 is 31.9 Å². The van der Waals surface area contributed by atoms with Crippen LogP contribution in [0, 0.1) is 10.1 Å². The Balaban J connectivity index is 1.92. The summed E-state index contributed by atoms with van der Waals surface area (Å²) >= 11 is 6.37. The highest BCUT2D eigenvalue weighted by Crippen LogP contribution is 2.32. The number of nitro groups is 1. The number of rotatable bonds is 6. The third-order valence-electron chi connectivity index (χ3n) is 2.86. The van der Waals surface area contributed by atoms with Gasteiger partial charge in [-0.3, -0.25) is 14.9 Å². The monoisotopic (exact) mass is 471 g/mol. The van der Waals surface area contributed by atoms with Gasteiger partial charge in [0.15, 0.2) is 12.4 Å². The molecule has 2 N–H and O–H groups in total. The molecule has 0 saturated heterocycles. The van der Waals surface area contributed by atoms with Crippen molar-refractivity contribution in [2.24, 2.45) is 5.10 Å². The van der Waals surface area contributed by atoms with Crippen LogP contribution in [-0.2, 0) is 4.79 Å². The van der Waals surface area contributed by atoms with E-state index >= 15 is 0 Å². The lowest BCUT2D eigenvalue weighted by Crippen LogP contribution is -2.24. The van der Waals surface area contributed by atoms with Gasteiger partial charge in [0.05, 0.1) is 20.1 Å². The van der Waals surface area contributed by atoms with E-state index in [1.807, 2.05) is 0 Å². The van der Waals surface area contributed by atoms with Gasteiger partial charge in [-0.05, 0) is 55.6 Å². The summed E-state index contributed by atoms with van der Waals surface area (Å²) in [6.45, 7) is -0.425. The van der Waals surface area contributed by atoms with Crippen LogP contribution < -0.4 is 10.2 Å². The van der Waals surface area contributed by atoms with E-state index in [-0.39, 0.29) is 17.2 Å². The van der Waals surface area contributed by atoms with Crippen LogP contribution in [-0.4, -0.2) is 28.8 Å². The number of nitrogens with one attached hydrogen (secondary N) is 1. The zero-order valence-electron chi connectivity index (χ0n) is 12.5. The van der Waals surface area contributed by atoms with Crippen LogP contribution in [0.5, 0.6) is 11.5 Å². The SMILES string of the molecule is O=C(COc1ccccc1[N+](=O)[O-])N/N=C/c1cc(Br)c(O)c(Br)c1. The normalized spacial score (nSPS) is 10.6. The summed E-state index contributed by atoms with van der Waals surface area (Å²) in [5, 5.41) is 24.2. The zero-order chi connectivity index (χ0) is 18.4. The molecule has 10 heteroatoms. The minimum atomic E-state index is -0.591. The van der Waals surface area contributed by atoms with Crippen molar-refractivity contribution in [1.29, 1.82) is 0 Å². The topological polar surface area (TPSA) is 114 Å². The predicted molar refractivity (Wildman–Crippen MR) is 97.8 cm³/mol. The van der Waals surface area contributed by atoms with Crippen molar-refractivity contribution in [3.8, 4) is 11.5 Å². The van der Waals surface area contributed by atoms with E-state index in [1.54, 1.807) is 18.2 Å². The number of hydrazone groups is 1. The Hall–Kier alpha value is -2.46. The van der Waals surface area contributed by atoms with Gasteiger partial charge in [-0.15, -0.1) is 0 Å². The highest BCUT2D eigenvalue weighted by molar-refractivity contribution is 9.11. The molecule has 0 radical (unpaired) electrons. The number of phenols is 1. The van der Waals surface area contributed by atoms with Gasteiger partial charge in [-0.1, -0.05) is 12.1 Å². The van der Waals surface area contributed by atoms with Gasteiger partial charge in [0.2, 0.25) is 0 Å². The van der Waals surface area contributed by atoms with Crippen molar-refractivity contribution in [1.82, 2.24) is 5.43 Å². The highest BCUT2D eigenvalue weighted by atomic mass is 79.9. The maximum atomic E-state index is 11.7. The van der Waals surface area contributed by atoms with Crippen molar-refractivity contribution < 1.29 is 19.6 Å². The van der Waals surface area contributed by atoms with E-state index in [2.05, 4.69) is 42.4 Å². The molecule has 25 heavy (non-hydrogen) atoms. The second-order valence-electron chi connectivity index (χ2n) is 4.64.